The van der Waals surface area contributed by atoms with E-state index < -0.39 is 0 Å². The van der Waals surface area contributed by atoms with Gasteiger partial charge in [-0.15, -0.1) is 0 Å². The number of anilines is 1. The summed E-state index contributed by atoms with van der Waals surface area (Å²) in [4.78, 5) is 0. The molecule has 1 aromatic carbocycles. The molecule has 0 aliphatic carbocycles. The van der Waals surface area contributed by atoms with Gasteiger partial charge in [-0.1, -0.05) is 12.1 Å². The third kappa shape index (κ3) is 2.42. The van der Waals surface area contributed by atoms with Crippen LogP contribution in [-0.2, 0) is 0 Å². The van der Waals surface area contributed by atoms with Gasteiger partial charge in [-0.25, -0.2) is 0 Å². The van der Waals surface area contributed by atoms with Gasteiger partial charge in [-0.3, -0.25) is 0 Å². The van der Waals surface area contributed by atoms with Crippen molar-refractivity contribution in [3.05, 3.63) is 24.3 Å². The highest BCUT2D eigenvalue weighted by atomic mass is 32.1. The number of hydrogen-bond acceptors (Lipinski definition) is 4. The maximum Gasteiger partial charge on any atom is 0.117 e. The predicted octanol–water partition coefficient (Wildman–Crippen LogP) is 2.85. The van der Waals surface area contributed by atoms with Gasteiger partial charge in [0.25, 0.3) is 0 Å². The van der Waals surface area contributed by atoms with E-state index in [0.717, 1.165) is 12.1 Å². The fourth-order valence-corrected chi connectivity index (χ4v) is 3.17. The first-order chi connectivity index (χ1) is 8.43. The van der Waals surface area contributed by atoms with Gasteiger partial charge < -0.3 is 10.6 Å². The van der Waals surface area contributed by atoms with Crippen molar-refractivity contribution in [3.8, 4) is 0 Å². The molecule has 90 valence electrons. The lowest BCUT2D eigenvalue weighted by Gasteiger charge is -2.10. The van der Waals surface area contributed by atoms with Crippen molar-refractivity contribution in [1.82, 2.24) is 9.69 Å². The monoisotopic (exact) mass is 247 g/mol. The van der Waals surface area contributed by atoms with Crippen LogP contribution in [0.4, 0.5) is 5.00 Å². The molecular formula is C13H17N3S. The number of nitrogens with zero attached hydrogens (tertiary/aromatic N) is 1. The molecule has 2 N–H and O–H groups in total. The molecule has 3 nitrogen and oxygen atoms in total. The third-order valence-electron chi connectivity index (χ3n) is 3.32. The second-order valence-electron chi connectivity index (χ2n) is 4.54. The van der Waals surface area contributed by atoms with E-state index >= 15 is 0 Å². The highest BCUT2D eigenvalue weighted by Gasteiger charge is 2.13. The molecule has 1 aliphatic heterocycles. The molecule has 1 unspecified atom stereocenters. The van der Waals surface area contributed by atoms with Gasteiger partial charge in [-0.05, 0) is 49.5 Å². The summed E-state index contributed by atoms with van der Waals surface area (Å²) in [6.07, 6.45) is 3.85. The number of hydrogen-bond donors (Lipinski definition) is 2. The molecular weight excluding hydrogens is 230 g/mol. The zero-order valence-corrected chi connectivity index (χ0v) is 10.6. The molecule has 0 radical (unpaired) electrons. The summed E-state index contributed by atoms with van der Waals surface area (Å²) in [7, 11) is 0. The Balaban J connectivity index is 1.60. The van der Waals surface area contributed by atoms with E-state index in [1.165, 1.54) is 36.2 Å². The van der Waals surface area contributed by atoms with Gasteiger partial charge in [0.15, 0.2) is 0 Å². The zero-order valence-electron chi connectivity index (χ0n) is 9.78. The number of aromatic nitrogens is 1. The molecule has 1 fully saturated rings. The van der Waals surface area contributed by atoms with Crippen LogP contribution in [0.3, 0.4) is 0 Å². The largest absolute Gasteiger partial charge is 0.375 e. The van der Waals surface area contributed by atoms with Crippen LogP contribution >= 0.6 is 11.5 Å². The molecule has 2 heterocycles. The van der Waals surface area contributed by atoms with Gasteiger partial charge in [0, 0.05) is 18.0 Å². The smallest absolute Gasteiger partial charge is 0.117 e. The quantitative estimate of drug-likeness (QED) is 0.872. The van der Waals surface area contributed by atoms with Crippen LogP contribution in [0.2, 0.25) is 0 Å². The highest BCUT2D eigenvalue weighted by Crippen LogP contribution is 2.27. The molecule has 1 saturated heterocycles. The van der Waals surface area contributed by atoms with Crippen molar-refractivity contribution in [2.45, 2.75) is 25.3 Å². The van der Waals surface area contributed by atoms with Crippen LogP contribution in [-0.4, -0.2) is 23.5 Å². The zero-order chi connectivity index (χ0) is 11.5. The maximum absolute atomic E-state index is 4.43. The minimum atomic E-state index is 0.710. The minimum Gasteiger partial charge on any atom is -0.375 e. The summed E-state index contributed by atoms with van der Waals surface area (Å²) in [6.45, 7) is 2.22. The molecule has 0 saturated carbocycles. The minimum absolute atomic E-state index is 0.710. The second-order valence-corrected chi connectivity index (χ2v) is 5.31. The van der Waals surface area contributed by atoms with Gasteiger partial charge in [0.2, 0.25) is 0 Å². The van der Waals surface area contributed by atoms with Crippen LogP contribution in [0, 0.1) is 0 Å². The predicted molar refractivity (Wildman–Crippen MR) is 73.8 cm³/mol. The van der Waals surface area contributed by atoms with E-state index in [0.29, 0.717) is 6.04 Å². The van der Waals surface area contributed by atoms with Crippen LogP contribution < -0.4 is 10.6 Å². The SMILES string of the molecule is c1ccc2c(NCCC3CCCN3)snc2c1. The Morgan fingerprint density at radius 2 is 2.35 bits per heavy atom. The molecule has 1 aromatic heterocycles. The van der Waals surface area contributed by atoms with Crippen LogP contribution in [0.15, 0.2) is 24.3 Å². The fraction of sp³-hybridized carbons (Fsp3) is 0.462. The topological polar surface area (TPSA) is 37.0 Å². The summed E-state index contributed by atoms with van der Waals surface area (Å²) >= 11 is 1.56. The van der Waals surface area contributed by atoms with Gasteiger partial charge >= 0.3 is 0 Å². The van der Waals surface area contributed by atoms with E-state index in [4.69, 9.17) is 0 Å². The maximum atomic E-state index is 4.43. The van der Waals surface area contributed by atoms with Gasteiger partial charge in [-0.2, -0.15) is 4.37 Å². The average Bonchev–Trinajstić information content (AvgIpc) is 2.99. The van der Waals surface area contributed by atoms with E-state index in [2.05, 4.69) is 33.2 Å². The van der Waals surface area contributed by atoms with Crippen LogP contribution in [0.5, 0.6) is 0 Å². The number of nitrogens with one attached hydrogen (secondary N) is 2. The summed E-state index contributed by atoms with van der Waals surface area (Å²) in [5.41, 5.74) is 1.10. The average molecular weight is 247 g/mol. The van der Waals surface area contributed by atoms with Crippen molar-refractivity contribution in [2.24, 2.45) is 0 Å². The van der Waals surface area contributed by atoms with E-state index in [-0.39, 0.29) is 0 Å². The summed E-state index contributed by atoms with van der Waals surface area (Å²) < 4.78 is 4.43. The van der Waals surface area contributed by atoms with Crippen molar-refractivity contribution in [1.29, 1.82) is 0 Å². The summed E-state index contributed by atoms with van der Waals surface area (Å²) in [5, 5.41) is 9.49. The first-order valence-corrected chi connectivity index (χ1v) is 7.02. The molecule has 3 rings (SSSR count). The Bertz CT molecular complexity index is 488. The van der Waals surface area contributed by atoms with E-state index in [1.807, 2.05) is 6.07 Å². The molecule has 0 spiro atoms. The van der Waals surface area contributed by atoms with Crippen molar-refractivity contribution in [2.75, 3.05) is 18.4 Å². The molecule has 17 heavy (non-hydrogen) atoms. The van der Waals surface area contributed by atoms with E-state index in [9.17, 15) is 0 Å². The third-order valence-corrected chi connectivity index (χ3v) is 4.16. The Hall–Kier alpha value is -1.13. The Morgan fingerprint density at radius 3 is 3.24 bits per heavy atom. The lowest BCUT2D eigenvalue weighted by atomic mass is 10.1. The number of rotatable bonds is 4. The summed E-state index contributed by atoms with van der Waals surface area (Å²) in [6, 6.07) is 9.01. The molecule has 2 aromatic rings. The Kier molecular flexibility index (Phi) is 3.25. The highest BCUT2D eigenvalue weighted by molar-refractivity contribution is 7.11. The molecule has 1 aliphatic rings. The standard InChI is InChI=1S/C13H17N3S/c1-2-6-12-11(5-1)13(17-16-12)15-9-7-10-4-3-8-14-10/h1-2,5-6,10,14-15H,3-4,7-9H2. The van der Waals surface area contributed by atoms with Crippen LogP contribution in [0.25, 0.3) is 10.9 Å². The van der Waals surface area contributed by atoms with Gasteiger partial charge in [0.1, 0.15) is 5.00 Å². The lowest BCUT2D eigenvalue weighted by Crippen LogP contribution is -2.23. The lowest BCUT2D eigenvalue weighted by molar-refractivity contribution is 0.575. The normalized spacial score (nSPS) is 19.9. The van der Waals surface area contributed by atoms with Crippen molar-refractivity contribution < 1.29 is 0 Å². The molecule has 0 bridgehead atoms. The Labute approximate surface area is 105 Å². The fourth-order valence-electron chi connectivity index (χ4n) is 2.38. The number of benzene rings is 1. The number of fused-ring (bicyclic) bond motifs is 1. The first-order valence-electron chi connectivity index (χ1n) is 6.25. The van der Waals surface area contributed by atoms with E-state index in [1.54, 1.807) is 11.5 Å². The van der Waals surface area contributed by atoms with Crippen molar-refractivity contribution in [3.63, 3.8) is 0 Å². The summed E-state index contributed by atoms with van der Waals surface area (Å²) in [5.74, 6) is 0. The first kappa shape index (κ1) is 11.0. The molecule has 0 amide bonds. The Morgan fingerprint density at radius 1 is 1.41 bits per heavy atom. The molecule has 4 heteroatoms. The van der Waals surface area contributed by atoms with Crippen LogP contribution in [0.1, 0.15) is 19.3 Å². The molecule has 1 atom stereocenters. The second kappa shape index (κ2) is 5.02. The van der Waals surface area contributed by atoms with Gasteiger partial charge in [0.05, 0.1) is 5.52 Å². The van der Waals surface area contributed by atoms with Crippen molar-refractivity contribution >= 4 is 27.4 Å².